The van der Waals surface area contributed by atoms with Crippen LogP contribution in [0.25, 0.3) is 0 Å². The molecule has 1 heterocycles. The smallest absolute Gasteiger partial charge is 0.342 e. The molecule has 0 N–H and O–H groups in total. The molecule has 1 atom stereocenters. The van der Waals surface area contributed by atoms with E-state index in [0.717, 1.165) is 13.5 Å². The fourth-order valence-corrected chi connectivity index (χ4v) is 1.17. The van der Waals surface area contributed by atoms with Gasteiger partial charge in [0.2, 0.25) is 0 Å². The van der Waals surface area contributed by atoms with Crippen molar-refractivity contribution in [2.45, 2.75) is 25.4 Å². The predicted octanol–water partition coefficient (Wildman–Crippen LogP) is -0.202. The van der Waals surface area contributed by atoms with E-state index in [-0.39, 0.29) is 0 Å². The molecule has 6 nitrogen and oxygen atoms in total. The molecular weight excluding hydrogens is 204 g/mol. The molecule has 0 aromatic rings. The van der Waals surface area contributed by atoms with Crippen molar-refractivity contribution in [1.82, 2.24) is 0 Å². The van der Waals surface area contributed by atoms with Gasteiger partial charge in [-0.3, -0.25) is 9.59 Å². The lowest BCUT2D eigenvalue weighted by Crippen LogP contribution is -2.26. The molecule has 0 bridgehead atoms. The summed E-state index contributed by atoms with van der Waals surface area (Å²) in [5.41, 5.74) is 0. The van der Waals surface area contributed by atoms with Crippen molar-refractivity contribution >= 4 is 17.9 Å². The van der Waals surface area contributed by atoms with Crippen LogP contribution in [0.1, 0.15) is 19.3 Å². The van der Waals surface area contributed by atoms with Gasteiger partial charge < -0.3 is 14.2 Å². The third kappa shape index (κ3) is 3.67. The van der Waals surface area contributed by atoms with Gasteiger partial charge in [-0.05, 0) is 12.8 Å². The van der Waals surface area contributed by atoms with E-state index in [1.54, 1.807) is 0 Å². The van der Waals surface area contributed by atoms with Gasteiger partial charge in [0.05, 0.1) is 7.11 Å². The Morgan fingerprint density at radius 1 is 1.33 bits per heavy atom. The molecule has 0 aromatic carbocycles. The van der Waals surface area contributed by atoms with Gasteiger partial charge in [-0.25, -0.2) is 4.79 Å². The van der Waals surface area contributed by atoms with Gasteiger partial charge in [-0.1, -0.05) is 0 Å². The molecule has 0 saturated carbocycles. The zero-order chi connectivity index (χ0) is 11.3. The number of hydrogen-bond donors (Lipinski definition) is 0. The minimum absolute atomic E-state index is 0.491. The lowest BCUT2D eigenvalue weighted by atomic mass is 10.2. The fraction of sp³-hybridized carbons (Fsp3) is 0.667. The van der Waals surface area contributed by atoms with Gasteiger partial charge in [0, 0.05) is 6.61 Å². The van der Waals surface area contributed by atoms with Crippen molar-refractivity contribution < 1.29 is 28.6 Å². The monoisotopic (exact) mass is 216 g/mol. The quantitative estimate of drug-likeness (QED) is 0.480. The number of carbonyl (C=O) groups is 3. The molecule has 0 radical (unpaired) electrons. The first-order chi connectivity index (χ1) is 7.13. The van der Waals surface area contributed by atoms with E-state index in [4.69, 9.17) is 4.74 Å². The highest BCUT2D eigenvalue weighted by molar-refractivity contribution is 5.97. The minimum Gasteiger partial charge on any atom is -0.469 e. The highest BCUT2D eigenvalue weighted by Crippen LogP contribution is 2.13. The Bertz CT molecular complexity index is 266. The second-order valence-corrected chi connectivity index (χ2v) is 3.05. The number of esters is 3. The molecule has 15 heavy (non-hydrogen) atoms. The van der Waals surface area contributed by atoms with E-state index in [9.17, 15) is 14.4 Å². The van der Waals surface area contributed by atoms with Crippen molar-refractivity contribution in [2.75, 3.05) is 13.7 Å². The van der Waals surface area contributed by atoms with E-state index in [1.807, 2.05) is 0 Å². The molecule has 0 aliphatic carbocycles. The molecule has 1 rings (SSSR count). The average molecular weight is 216 g/mol. The first kappa shape index (κ1) is 11.6. The van der Waals surface area contributed by atoms with Crippen LogP contribution >= 0.6 is 0 Å². The molecule has 1 fully saturated rings. The predicted molar refractivity (Wildman–Crippen MR) is 46.7 cm³/mol. The van der Waals surface area contributed by atoms with E-state index in [1.165, 1.54) is 0 Å². The van der Waals surface area contributed by atoms with Crippen LogP contribution in [0.4, 0.5) is 0 Å². The number of rotatable bonds is 3. The Hall–Kier alpha value is -1.43. The standard InChI is InChI=1S/C9H12O6/c1-13-7(10)5-8(11)15-9(12)6-3-2-4-14-6/h6H,2-5H2,1H3. The summed E-state index contributed by atoms with van der Waals surface area (Å²) >= 11 is 0. The topological polar surface area (TPSA) is 78.9 Å². The molecule has 6 heteroatoms. The normalized spacial score (nSPS) is 19.7. The van der Waals surface area contributed by atoms with Crippen LogP contribution in [0.15, 0.2) is 0 Å². The maximum atomic E-state index is 11.2. The maximum Gasteiger partial charge on any atom is 0.342 e. The molecule has 1 unspecified atom stereocenters. The van der Waals surface area contributed by atoms with Crippen LogP contribution in [0.2, 0.25) is 0 Å². The first-order valence-corrected chi connectivity index (χ1v) is 4.56. The summed E-state index contributed by atoms with van der Waals surface area (Å²) in [6.07, 6.45) is 0.0798. The van der Waals surface area contributed by atoms with Crippen molar-refractivity contribution in [2.24, 2.45) is 0 Å². The van der Waals surface area contributed by atoms with E-state index < -0.39 is 30.4 Å². The van der Waals surface area contributed by atoms with Gasteiger partial charge in [0.1, 0.15) is 6.42 Å². The molecule has 0 spiro atoms. The Morgan fingerprint density at radius 2 is 2.07 bits per heavy atom. The molecule has 1 saturated heterocycles. The van der Waals surface area contributed by atoms with Crippen LogP contribution in [0, 0.1) is 0 Å². The third-order valence-electron chi connectivity index (χ3n) is 1.92. The lowest BCUT2D eigenvalue weighted by molar-refractivity contribution is -0.168. The van der Waals surface area contributed by atoms with Gasteiger partial charge in [0.25, 0.3) is 0 Å². The first-order valence-electron chi connectivity index (χ1n) is 4.56. The van der Waals surface area contributed by atoms with E-state index >= 15 is 0 Å². The van der Waals surface area contributed by atoms with Crippen LogP contribution in [-0.4, -0.2) is 37.7 Å². The maximum absolute atomic E-state index is 11.2. The number of methoxy groups -OCH3 is 1. The minimum atomic E-state index is -0.914. The SMILES string of the molecule is COC(=O)CC(=O)OC(=O)C1CCCO1. The number of ether oxygens (including phenoxy) is 3. The Kier molecular flexibility index (Phi) is 4.23. The summed E-state index contributed by atoms with van der Waals surface area (Å²) in [6.45, 7) is 0.491. The molecule has 0 amide bonds. The van der Waals surface area contributed by atoms with Crippen molar-refractivity contribution in [3.05, 3.63) is 0 Å². The van der Waals surface area contributed by atoms with Gasteiger partial charge in [-0.2, -0.15) is 0 Å². The fourth-order valence-electron chi connectivity index (χ4n) is 1.17. The number of hydrogen-bond acceptors (Lipinski definition) is 6. The summed E-state index contributed by atoms with van der Waals surface area (Å²) in [6, 6.07) is 0. The van der Waals surface area contributed by atoms with Gasteiger partial charge in [0.15, 0.2) is 6.10 Å². The number of carbonyl (C=O) groups excluding carboxylic acids is 3. The average Bonchev–Trinajstić information content (AvgIpc) is 2.70. The summed E-state index contributed by atoms with van der Waals surface area (Å²) in [7, 11) is 1.15. The van der Waals surface area contributed by atoms with Crippen LogP contribution in [-0.2, 0) is 28.6 Å². The third-order valence-corrected chi connectivity index (χ3v) is 1.92. The Morgan fingerprint density at radius 3 is 2.60 bits per heavy atom. The second-order valence-electron chi connectivity index (χ2n) is 3.05. The summed E-state index contributed by atoms with van der Waals surface area (Å²) in [5.74, 6) is -2.39. The highest BCUT2D eigenvalue weighted by atomic mass is 16.6. The van der Waals surface area contributed by atoms with E-state index in [2.05, 4.69) is 9.47 Å². The molecule has 0 aromatic heterocycles. The zero-order valence-corrected chi connectivity index (χ0v) is 8.36. The largest absolute Gasteiger partial charge is 0.469 e. The Balaban J connectivity index is 2.30. The molecular formula is C9H12O6. The lowest BCUT2D eigenvalue weighted by Gasteiger charge is -2.07. The highest BCUT2D eigenvalue weighted by Gasteiger charge is 2.27. The summed E-state index contributed by atoms with van der Waals surface area (Å²) < 4.78 is 13.7. The second kappa shape index (κ2) is 5.45. The van der Waals surface area contributed by atoms with Crippen molar-refractivity contribution in [3.63, 3.8) is 0 Å². The molecule has 1 aliphatic heterocycles. The van der Waals surface area contributed by atoms with Gasteiger partial charge >= 0.3 is 17.9 Å². The van der Waals surface area contributed by atoms with Crippen molar-refractivity contribution in [1.29, 1.82) is 0 Å². The summed E-state index contributed by atoms with van der Waals surface area (Å²) in [5, 5.41) is 0. The summed E-state index contributed by atoms with van der Waals surface area (Å²) in [4.78, 5) is 32.8. The molecule has 1 aliphatic rings. The Labute approximate surface area is 86.5 Å². The zero-order valence-electron chi connectivity index (χ0n) is 8.36. The van der Waals surface area contributed by atoms with Crippen LogP contribution < -0.4 is 0 Å². The van der Waals surface area contributed by atoms with Crippen molar-refractivity contribution in [3.8, 4) is 0 Å². The van der Waals surface area contributed by atoms with E-state index in [0.29, 0.717) is 13.0 Å². The van der Waals surface area contributed by atoms with Crippen LogP contribution in [0.3, 0.4) is 0 Å². The van der Waals surface area contributed by atoms with Gasteiger partial charge in [-0.15, -0.1) is 0 Å². The van der Waals surface area contributed by atoms with Crippen LogP contribution in [0.5, 0.6) is 0 Å². The molecule has 84 valence electrons.